The van der Waals surface area contributed by atoms with E-state index in [2.05, 4.69) is 27.0 Å². The molecule has 0 bridgehead atoms. The number of carbonyl (C=O) groups excluding carboxylic acids is 1. The minimum absolute atomic E-state index is 0.196. The van der Waals surface area contributed by atoms with Crippen LogP contribution in [0.5, 0.6) is 0 Å². The van der Waals surface area contributed by atoms with Gasteiger partial charge in [-0.25, -0.2) is 0 Å². The third kappa shape index (κ3) is 1.40. The summed E-state index contributed by atoms with van der Waals surface area (Å²) >= 11 is 3.51. The molecule has 2 atom stereocenters. The Labute approximate surface area is 125 Å². The predicted molar refractivity (Wildman–Crippen MR) is 80.8 cm³/mol. The fourth-order valence-electron chi connectivity index (χ4n) is 3.42. The van der Waals surface area contributed by atoms with Crippen LogP contribution >= 0.6 is 15.9 Å². The number of benzene rings is 1. The Bertz CT molecular complexity index is 716. The van der Waals surface area contributed by atoms with Crippen LogP contribution in [0.4, 0.5) is 5.69 Å². The number of nitrogens with zero attached hydrogens (tertiary/aromatic N) is 2. The molecule has 1 spiro atoms. The Morgan fingerprint density at radius 1 is 1.35 bits per heavy atom. The lowest BCUT2D eigenvalue weighted by atomic mass is 9.93. The van der Waals surface area contributed by atoms with Crippen molar-refractivity contribution in [3.05, 3.63) is 58.3 Å². The van der Waals surface area contributed by atoms with Crippen molar-refractivity contribution in [3.8, 4) is 0 Å². The van der Waals surface area contributed by atoms with Crippen molar-refractivity contribution in [3.63, 3.8) is 0 Å². The smallest absolute Gasteiger partial charge is 0.238 e. The van der Waals surface area contributed by atoms with E-state index in [1.165, 1.54) is 0 Å². The number of rotatable bonds is 1. The van der Waals surface area contributed by atoms with Gasteiger partial charge in [0, 0.05) is 35.0 Å². The topological polar surface area (TPSA) is 33.2 Å². The summed E-state index contributed by atoms with van der Waals surface area (Å²) in [5.74, 6) is 0.399. The minimum atomic E-state index is -0.387. The number of amides is 1. The molecule has 3 nitrogen and oxygen atoms in total. The first kappa shape index (κ1) is 12.1. The fraction of sp³-hybridized carbons (Fsp3) is 0.250. The van der Waals surface area contributed by atoms with E-state index in [0.717, 1.165) is 27.8 Å². The highest BCUT2D eigenvalue weighted by Crippen LogP contribution is 2.65. The van der Waals surface area contributed by atoms with Crippen molar-refractivity contribution in [2.75, 3.05) is 11.9 Å². The third-order valence-electron chi connectivity index (χ3n) is 4.49. The molecule has 20 heavy (non-hydrogen) atoms. The van der Waals surface area contributed by atoms with E-state index < -0.39 is 0 Å². The number of fused-ring (bicyclic) bond motifs is 2. The molecule has 1 aliphatic carbocycles. The van der Waals surface area contributed by atoms with Crippen molar-refractivity contribution in [1.29, 1.82) is 0 Å². The van der Waals surface area contributed by atoms with Gasteiger partial charge in [0.05, 0.1) is 5.41 Å². The highest BCUT2D eigenvalue weighted by molar-refractivity contribution is 9.10. The van der Waals surface area contributed by atoms with Crippen molar-refractivity contribution in [1.82, 2.24) is 4.98 Å². The molecule has 2 aliphatic rings. The summed E-state index contributed by atoms with van der Waals surface area (Å²) < 4.78 is 1.02. The highest BCUT2D eigenvalue weighted by Gasteiger charge is 2.67. The standard InChI is InChI=1S/C16H13BrN2O/c1-19-14-6-5-10(17)8-11(14)16(15(19)20)9-12(16)13-4-2-3-7-18-13/h2-8,12H,9H2,1H3/t12-,16-/m0/s1. The normalized spacial score (nSPS) is 27.0. The number of likely N-dealkylation sites (N-methyl/N-ethyl adjacent to an activating group) is 1. The molecule has 4 rings (SSSR count). The molecule has 1 aromatic carbocycles. The molecule has 0 unspecified atom stereocenters. The summed E-state index contributed by atoms with van der Waals surface area (Å²) in [4.78, 5) is 18.9. The van der Waals surface area contributed by atoms with Crippen LogP contribution < -0.4 is 4.90 Å². The van der Waals surface area contributed by atoms with Gasteiger partial charge in [-0.15, -0.1) is 0 Å². The van der Waals surface area contributed by atoms with E-state index in [4.69, 9.17) is 0 Å². The Balaban J connectivity index is 1.85. The maximum atomic E-state index is 12.7. The average molecular weight is 329 g/mol. The van der Waals surface area contributed by atoms with Gasteiger partial charge < -0.3 is 4.90 Å². The summed E-state index contributed by atoms with van der Waals surface area (Å²) in [6.07, 6.45) is 2.66. The molecule has 0 radical (unpaired) electrons. The Kier molecular flexibility index (Phi) is 2.37. The van der Waals surface area contributed by atoms with Crippen LogP contribution in [-0.2, 0) is 10.2 Å². The molecule has 1 aromatic heterocycles. The second-order valence-corrected chi connectivity index (χ2v) is 6.42. The van der Waals surface area contributed by atoms with Crippen LogP contribution in [0.2, 0.25) is 0 Å². The Morgan fingerprint density at radius 2 is 2.20 bits per heavy atom. The van der Waals surface area contributed by atoms with E-state index in [1.807, 2.05) is 37.4 Å². The summed E-state index contributed by atoms with van der Waals surface area (Å²) in [5.41, 5.74) is 2.79. The van der Waals surface area contributed by atoms with Crippen molar-refractivity contribution in [2.24, 2.45) is 0 Å². The minimum Gasteiger partial charge on any atom is -0.314 e. The van der Waals surface area contributed by atoms with E-state index in [-0.39, 0.29) is 17.2 Å². The van der Waals surface area contributed by atoms with Crippen LogP contribution in [0.25, 0.3) is 0 Å². The monoisotopic (exact) mass is 328 g/mol. The molecule has 1 fully saturated rings. The van der Waals surface area contributed by atoms with Gasteiger partial charge in [-0.1, -0.05) is 22.0 Å². The zero-order chi connectivity index (χ0) is 13.9. The van der Waals surface area contributed by atoms with E-state index in [0.29, 0.717) is 0 Å². The van der Waals surface area contributed by atoms with E-state index in [9.17, 15) is 4.79 Å². The van der Waals surface area contributed by atoms with E-state index in [1.54, 1.807) is 11.1 Å². The molecular weight excluding hydrogens is 316 g/mol. The van der Waals surface area contributed by atoms with Gasteiger partial charge in [0.15, 0.2) is 0 Å². The Hall–Kier alpha value is -1.68. The number of halogens is 1. The summed E-state index contributed by atoms with van der Waals surface area (Å²) in [6, 6.07) is 12.0. The lowest BCUT2D eigenvalue weighted by Crippen LogP contribution is -2.29. The molecule has 0 N–H and O–H groups in total. The highest BCUT2D eigenvalue weighted by atomic mass is 79.9. The fourth-order valence-corrected chi connectivity index (χ4v) is 3.78. The average Bonchev–Trinajstić information content (AvgIpc) is 3.19. The first-order chi connectivity index (χ1) is 9.64. The van der Waals surface area contributed by atoms with Gasteiger partial charge in [0.1, 0.15) is 0 Å². The zero-order valence-corrected chi connectivity index (χ0v) is 12.6. The summed E-state index contributed by atoms with van der Waals surface area (Å²) in [7, 11) is 1.86. The van der Waals surface area contributed by atoms with Crippen LogP contribution in [-0.4, -0.2) is 17.9 Å². The van der Waals surface area contributed by atoms with Gasteiger partial charge in [-0.05, 0) is 42.3 Å². The predicted octanol–water partition coefficient (Wildman–Crippen LogP) is 3.25. The first-order valence-electron chi connectivity index (χ1n) is 6.64. The largest absolute Gasteiger partial charge is 0.314 e. The van der Waals surface area contributed by atoms with Gasteiger partial charge in [-0.3, -0.25) is 9.78 Å². The first-order valence-corrected chi connectivity index (χ1v) is 7.43. The number of hydrogen-bond donors (Lipinski definition) is 0. The number of hydrogen-bond acceptors (Lipinski definition) is 2. The third-order valence-corrected chi connectivity index (χ3v) is 4.99. The van der Waals surface area contributed by atoms with Crippen molar-refractivity contribution in [2.45, 2.75) is 17.8 Å². The molecule has 1 aliphatic heterocycles. The molecule has 4 heteroatoms. The molecular formula is C16H13BrN2O. The number of pyridine rings is 1. The van der Waals surface area contributed by atoms with Crippen LogP contribution in [0.15, 0.2) is 47.1 Å². The van der Waals surface area contributed by atoms with Gasteiger partial charge >= 0.3 is 0 Å². The van der Waals surface area contributed by atoms with Gasteiger partial charge in [-0.2, -0.15) is 0 Å². The van der Waals surface area contributed by atoms with Gasteiger partial charge in [0.25, 0.3) is 0 Å². The second kappa shape index (κ2) is 3.92. The summed E-state index contributed by atoms with van der Waals surface area (Å²) in [5, 5.41) is 0. The number of carbonyl (C=O) groups is 1. The number of anilines is 1. The number of aromatic nitrogens is 1. The molecule has 2 heterocycles. The van der Waals surface area contributed by atoms with Crippen molar-refractivity contribution < 1.29 is 4.79 Å². The zero-order valence-electron chi connectivity index (χ0n) is 11.0. The molecule has 1 amide bonds. The van der Waals surface area contributed by atoms with Gasteiger partial charge in [0.2, 0.25) is 5.91 Å². The quantitative estimate of drug-likeness (QED) is 0.805. The second-order valence-electron chi connectivity index (χ2n) is 5.51. The van der Waals surface area contributed by atoms with Crippen LogP contribution in [0, 0.1) is 0 Å². The lowest BCUT2D eigenvalue weighted by molar-refractivity contribution is -0.120. The summed E-state index contributed by atoms with van der Waals surface area (Å²) in [6.45, 7) is 0. The molecule has 100 valence electrons. The maximum absolute atomic E-state index is 12.7. The Morgan fingerprint density at radius 3 is 2.95 bits per heavy atom. The lowest BCUT2D eigenvalue weighted by Gasteiger charge is -2.10. The molecule has 0 saturated heterocycles. The molecule has 2 aromatic rings. The van der Waals surface area contributed by atoms with Crippen LogP contribution in [0.3, 0.4) is 0 Å². The van der Waals surface area contributed by atoms with Crippen molar-refractivity contribution >= 4 is 27.5 Å². The maximum Gasteiger partial charge on any atom is 0.238 e. The SMILES string of the molecule is CN1C(=O)[C@@]2(C[C@H]2c2ccccn2)c2cc(Br)ccc21. The van der Waals surface area contributed by atoms with Crippen LogP contribution in [0.1, 0.15) is 23.6 Å². The van der Waals surface area contributed by atoms with E-state index >= 15 is 0 Å². The molecule has 1 saturated carbocycles.